The summed E-state index contributed by atoms with van der Waals surface area (Å²) in [6, 6.07) is 2.06. The Bertz CT molecular complexity index is 630. The summed E-state index contributed by atoms with van der Waals surface area (Å²) in [6.45, 7) is 2.07. The third-order valence-electron chi connectivity index (χ3n) is 7.25. The highest BCUT2D eigenvalue weighted by Crippen LogP contribution is 2.55. The van der Waals surface area contributed by atoms with Crippen molar-refractivity contribution in [2.45, 2.75) is 62.8 Å². The van der Waals surface area contributed by atoms with E-state index in [-0.39, 0.29) is 11.4 Å². The van der Waals surface area contributed by atoms with Gasteiger partial charge < -0.3 is 10.6 Å². The van der Waals surface area contributed by atoms with E-state index in [1.54, 1.807) is 6.20 Å². The maximum Gasteiger partial charge on any atom is 0.253 e. The summed E-state index contributed by atoms with van der Waals surface area (Å²) in [5.41, 5.74) is 2.07. The van der Waals surface area contributed by atoms with E-state index in [1.807, 2.05) is 6.20 Å². The first kappa shape index (κ1) is 15.8. The van der Waals surface area contributed by atoms with Crippen molar-refractivity contribution in [3.05, 3.63) is 29.6 Å². The fourth-order valence-electron chi connectivity index (χ4n) is 6.64. The molecule has 1 unspecified atom stereocenters. The number of nitrogens with zero attached hydrogens (tertiary/aromatic N) is 1. The molecule has 4 aliphatic carbocycles. The summed E-state index contributed by atoms with van der Waals surface area (Å²) in [4.78, 5) is 17.5. The molecule has 1 amide bonds. The van der Waals surface area contributed by atoms with Gasteiger partial charge in [-0.1, -0.05) is 0 Å². The van der Waals surface area contributed by atoms with E-state index in [0.29, 0.717) is 5.92 Å². The highest BCUT2D eigenvalue weighted by Gasteiger charge is 2.51. The fourth-order valence-corrected chi connectivity index (χ4v) is 6.64. The molecule has 0 spiro atoms. The average molecular weight is 339 g/mol. The summed E-state index contributed by atoms with van der Waals surface area (Å²) < 4.78 is 0. The summed E-state index contributed by atoms with van der Waals surface area (Å²) in [5.74, 6) is 3.11. The second-order valence-electron chi connectivity index (χ2n) is 9.16. The van der Waals surface area contributed by atoms with E-state index >= 15 is 0 Å². The van der Waals surface area contributed by atoms with E-state index in [4.69, 9.17) is 0 Å². The average Bonchev–Trinajstić information content (AvgIpc) is 2.61. The number of nitrogens with one attached hydrogen (secondary N) is 2. The van der Waals surface area contributed by atoms with Gasteiger partial charge in [-0.2, -0.15) is 0 Å². The molecule has 5 fully saturated rings. The molecule has 2 N–H and O–H groups in total. The molecule has 1 saturated heterocycles. The zero-order valence-electron chi connectivity index (χ0n) is 15.0. The second kappa shape index (κ2) is 6.08. The van der Waals surface area contributed by atoms with Crippen LogP contribution in [0.1, 0.15) is 73.2 Å². The quantitative estimate of drug-likeness (QED) is 0.889. The number of amides is 1. The molecule has 5 aliphatic rings. The van der Waals surface area contributed by atoms with Crippen LogP contribution in [0.15, 0.2) is 18.5 Å². The first-order valence-corrected chi connectivity index (χ1v) is 10.2. The summed E-state index contributed by atoms with van der Waals surface area (Å²) in [6.07, 6.45) is 13.8. The maximum absolute atomic E-state index is 13.2. The Balaban J connectivity index is 1.38. The Morgan fingerprint density at radius 1 is 1.16 bits per heavy atom. The molecule has 0 aromatic carbocycles. The van der Waals surface area contributed by atoms with Crippen molar-refractivity contribution in [3.63, 3.8) is 0 Å². The Morgan fingerprint density at radius 2 is 1.88 bits per heavy atom. The van der Waals surface area contributed by atoms with Crippen molar-refractivity contribution in [2.75, 3.05) is 13.1 Å². The lowest BCUT2D eigenvalue weighted by atomic mass is 9.53. The van der Waals surface area contributed by atoms with Crippen LogP contribution in [-0.2, 0) is 0 Å². The number of pyridine rings is 1. The maximum atomic E-state index is 13.2. The molecule has 4 bridgehead atoms. The minimum Gasteiger partial charge on any atom is -0.347 e. The number of rotatable bonds is 3. The first-order chi connectivity index (χ1) is 12.2. The van der Waals surface area contributed by atoms with E-state index in [2.05, 4.69) is 21.7 Å². The number of aromatic nitrogens is 1. The summed E-state index contributed by atoms with van der Waals surface area (Å²) in [5, 5.41) is 6.99. The van der Waals surface area contributed by atoms with Crippen molar-refractivity contribution < 1.29 is 4.79 Å². The van der Waals surface area contributed by atoms with Gasteiger partial charge in [-0.3, -0.25) is 9.78 Å². The summed E-state index contributed by atoms with van der Waals surface area (Å²) in [7, 11) is 0. The highest BCUT2D eigenvalue weighted by molar-refractivity contribution is 5.96. The van der Waals surface area contributed by atoms with Gasteiger partial charge in [0, 0.05) is 24.5 Å². The van der Waals surface area contributed by atoms with Gasteiger partial charge in [-0.05, 0) is 93.2 Å². The molecule has 4 heteroatoms. The van der Waals surface area contributed by atoms with Gasteiger partial charge >= 0.3 is 0 Å². The van der Waals surface area contributed by atoms with Crippen LogP contribution in [-0.4, -0.2) is 29.5 Å². The third kappa shape index (κ3) is 2.88. The number of piperidine rings is 1. The molecule has 25 heavy (non-hydrogen) atoms. The lowest BCUT2D eigenvalue weighted by molar-refractivity contribution is -0.0167. The van der Waals surface area contributed by atoms with Gasteiger partial charge in [-0.25, -0.2) is 0 Å². The SMILES string of the molecule is O=C(NC12CC3CC(CC(C3)C1)C2)c1cnccc1C1CCCNC1. The lowest BCUT2D eigenvalue weighted by Crippen LogP contribution is -2.59. The van der Waals surface area contributed by atoms with Crippen LogP contribution in [0.3, 0.4) is 0 Å². The topological polar surface area (TPSA) is 54.0 Å². The van der Waals surface area contributed by atoms with Crippen molar-refractivity contribution >= 4 is 5.91 Å². The van der Waals surface area contributed by atoms with Crippen molar-refractivity contribution in [2.24, 2.45) is 17.8 Å². The Morgan fingerprint density at radius 3 is 2.52 bits per heavy atom. The minimum atomic E-state index is 0.0732. The van der Waals surface area contributed by atoms with Crippen LogP contribution in [0.25, 0.3) is 0 Å². The largest absolute Gasteiger partial charge is 0.347 e. The highest BCUT2D eigenvalue weighted by atomic mass is 16.1. The zero-order valence-corrected chi connectivity index (χ0v) is 15.0. The second-order valence-corrected chi connectivity index (χ2v) is 9.16. The zero-order chi connectivity index (χ0) is 16.9. The van der Waals surface area contributed by atoms with Gasteiger partial charge in [0.2, 0.25) is 0 Å². The minimum absolute atomic E-state index is 0.0732. The van der Waals surface area contributed by atoms with E-state index in [0.717, 1.165) is 42.8 Å². The molecule has 1 atom stereocenters. The first-order valence-electron chi connectivity index (χ1n) is 10.2. The number of hydrogen-bond donors (Lipinski definition) is 2. The van der Waals surface area contributed by atoms with Crippen molar-refractivity contribution in [3.8, 4) is 0 Å². The monoisotopic (exact) mass is 339 g/mol. The molecular weight excluding hydrogens is 310 g/mol. The molecule has 2 heterocycles. The Kier molecular flexibility index (Phi) is 3.85. The molecule has 1 aliphatic heterocycles. The van der Waals surface area contributed by atoms with Crippen molar-refractivity contribution in [1.82, 2.24) is 15.6 Å². The van der Waals surface area contributed by atoms with Gasteiger partial charge in [0.15, 0.2) is 0 Å². The van der Waals surface area contributed by atoms with Crippen LogP contribution >= 0.6 is 0 Å². The van der Waals surface area contributed by atoms with Crippen LogP contribution in [0.2, 0.25) is 0 Å². The molecule has 4 saturated carbocycles. The molecule has 6 rings (SSSR count). The van der Waals surface area contributed by atoms with Crippen molar-refractivity contribution in [1.29, 1.82) is 0 Å². The summed E-state index contributed by atoms with van der Waals surface area (Å²) >= 11 is 0. The third-order valence-corrected chi connectivity index (χ3v) is 7.25. The molecule has 1 aromatic heterocycles. The Hall–Kier alpha value is -1.42. The Labute approximate surface area is 150 Å². The van der Waals surface area contributed by atoms with Gasteiger partial charge in [0.1, 0.15) is 0 Å². The van der Waals surface area contributed by atoms with Gasteiger partial charge in [0.05, 0.1) is 5.56 Å². The number of hydrogen-bond acceptors (Lipinski definition) is 3. The molecule has 1 aromatic rings. The van der Waals surface area contributed by atoms with Gasteiger partial charge in [-0.15, -0.1) is 0 Å². The molecule has 4 nitrogen and oxygen atoms in total. The van der Waals surface area contributed by atoms with Gasteiger partial charge in [0.25, 0.3) is 5.91 Å². The van der Waals surface area contributed by atoms with E-state index in [9.17, 15) is 4.79 Å². The predicted octanol–water partition coefficient (Wildman–Crippen LogP) is 3.25. The lowest BCUT2D eigenvalue weighted by Gasteiger charge is -2.56. The predicted molar refractivity (Wildman–Crippen MR) is 97.5 cm³/mol. The van der Waals surface area contributed by atoms with E-state index in [1.165, 1.54) is 50.5 Å². The van der Waals surface area contributed by atoms with Crippen LogP contribution in [0.4, 0.5) is 0 Å². The smallest absolute Gasteiger partial charge is 0.253 e. The van der Waals surface area contributed by atoms with E-state index < -0.39 is 0 Å². The molecule has 134 valence electrons. The van der Waals surface area contributed by atoms with Crippen LogP contribution in [0, 0.1) is 17.8 Å². The number of carbonyl (C=O) groups is 1. The fraction of sp³-hybridized carbons (Fsp3) is 0.714. The van der Waals surface area contributed by atoms with Crippen LogP contribution in [0.5, 0.6) is 0 Å². The normalized spacial score (nSPS) is 39.4. The number of carbonyl (C=O) groups excluding carboxylic acids is 1. The van der Waals surface area contributed by atoms with Crippen LogP contribution < -0.4 is 10.6 Å². The standard InChI is InChI=1S/C21H29N3O/c25-20(19-13-23-5-3-18(19)17-2-1-4-22-12-17)24-21-9-14-6-15(10-21)8-16(7-14)11-21/h3,5,13-17,22H,1-2,4,6-12H2,(H,24,25). The molecular formula is C21H29N3O. The molecule has 0 radical (unpaired) electrons.